The number of aromatic nitrogens is 2. The van der Waals surface area contributed by atoms with Crippen LogP contribution in [0.25, 0.3) is 22.5 Å². The first-order valence-corrected chi connectivity index (χ1v) is 6.52. The molecule has 0 bridgehead atoms. The van der Waals surface area contributed by atoms with E-state index in [-0.39, 0.29) is 0 Å². The Bertz CT molecular complexity index is 787. The van der Waals surface area contributed by atoms with Gasteiger partial charge < -0.3 is 9.72 Å². The van der Waals surface area contributed by atoms with Gasteiger partial charge in [0.05, 0.1) is 12.8 Å². The van der Waals surface area contributed by atoms with Crippen LogP contribution in [0.3, 0.4) is 0 Å². The average molecular weight is 275 g/mol. The number of H-pyrrole nitrogens is 1. The Labute approximate surface area is 122 Å². The minimum Gasteiger partial charge on any atom is -0.480 e. The smallest absolute Gasteiger partial charge is 0.232 e. The highest BCUT2D eigenvalue weighted by Crippen LogP contribution is 2.32. The van der Waals surface area contributed by atoms with Crippen LogP contribution in [0, 0.1) is 11.3 Å². The van der Waals surface area contributed by atoms with Gasteiger partial charge in [-0.3, -0.25) is 0 Å². The molecule has 4 heteroatoms. The van der Waals surface area contributed by atoms with Crippen molar-refractivity contribution in [2.75, 3.05) is 7.11 Å². The Morgan fingerprint density at radius 1 is 1.14 bits per heavy atom. The highest BCUT2D eigenvalue weighted by molar-refractivity contribution is 5.76. The Balaban J connectivity index is 2.26. The molecular weight excluding hydrogens is 262 g/mol. The van der Waals surface area contributed by atoms with Crippen molar-refractivity contribution < 1.29 is 4.74 Å². The van der Waals surface area contributed by atoms with Crippen LogP contribution >= 0.6 is 0 Å². The Kier molecular flexibility index (Phi) is 3.40. The molecule has 2 heterocycles. The van der Waals surface area contributed by atoms with Crippen molar-refractivity contribution in [1.82, 2.24) is 9.97 Å². The quantitative estimate of drug-likeness (QED) is 0.794. The second-order valence-corrected chi connectivity index (χ2v) is 4.50. The molecule has 0 saturated heterocycles. The molecule has 1 aromatic carbocycles. The van der Waals surface area contributed by atoms with Crippen molar-refractivity contribution in [3.63, 3.8) is 0 Å². The Hall–Kier alpha value is -3.06. The lowest BCUT2D eigenvalue weighted by atomic mass is 10.0. The normalized spacial score (nSPS) is 10.1. The van der Waals surface area contributed by atoms with Gasteiger partial charge in [0.25, 0.3) is 0 Å². The molecule has 1 N–H and O–H groups in total. The van der Waals surface area contributed by atoms with E-state index < -0.39 is 0 Å². The second kappa shape index (κ2) is 5.51. The molecule has 0 aliphatic heterocycles. The average Bonchev–Trinajstić information content (AvgIpc) is 3.08. The molecule has 2 aromatic heterocycles. The Morgan fingerprint density at radius 2 is 1.95 bits per heavy atom. The summed E-state index contributed by atoms with van der Waals surface area (Å²) >= 11 is 0. The number of nitrogens with one attached hydrogen (secondary N) is 1. The van der Waals surface area contributed by atoms with Crippen LogP contribution in [-0.2, 0) is 0 Å². The first-order chi connectivity index (χ1) is 10.3. The van der Waals surface area contributed by atoms with E-state index in [1.165, 1.54) is 7.11 Å². The summed E-state index contributed by atoms with van der Waals surface area (Å²) in [5.41, 5.74) is 3.83. The van der Waals surface area contributed by atoms with E-state index in [1.54, 1.807) is 0 Å². The molecular formula is C17H13N3O. The van der Waals surface area contributed by atoms with Gasteiger partial charge in [-0.05, 0) is 18.2 Å². The van der Waals surface area contributed by atoms with Gasteiger partial charge in [0.1, 0.15) is 11.6 Å². The molecule has 0 radical (unpaired) electrons. The zero-order valence-corrected chi connectivity index (χ0v) is 11.5. The van der Waals surface area contributed by atoms with Crippen molar-refractivity contribution in [2.45, 2.75) is 0 Å². The molecule has 102 valence electrons. The summed E-state index contributed by atoms with van der Waals surface area (Å²) in [6, 6.07) is 17.7. The number of nitriles is 1. The third kappa shape index (κ3) is 2.37. The number of methoxy groups -OCH3 is 1. The summed E-state index contributed by atoms with van der Waals surface area (Å²) in [5, 5.41) is 9.41. The predicted octanol–water partition coefficient (Wildman–Crippen LogP) is 3.62. The number of hydrogen-bond acceptors (Lipinski definition) is 3. The maximum atomic E-state index is 9.41. The van der Waals surface area contributed by atoms with Gasteiger partial charge >= 0.3 is 0 Å². The molecule has 0 atom stereocenters. The van der Waals surface area contributed by atoms with E-state index in [4.69, 9.17) is 4.74 Å². The maximum Gasteiger partial charge on any atom is 0.232 e. The van der Waals surface area contributed by atoms with Crippen LogP contribution in [0.1, 0.15) is 5.56 Å². The van der Waals surface area contributed by atoms with Crippen LogP contribution in [0.2, 0.25) is 0 Å². The number of hydrogen-bond donors (Lipinski definition) is 1. The summed E-state index contributed by atoms with van der Waals surface area (Å²) in [7, 11) is 1.52. The third-order valence-electron chi connectivity index (χ3n) is 3.25. The molecule has 0 saturated carbocycles. The lowest BCUT2D eigenvalue weighted by Gasteiger charge is -2.10. The fourth-order valence-corrected chi connectivity index (χ4v) is 2.24. The molecule has 3 aromatic rings. The van der Waals surface area contributed by atoms with Crippen molar-refractivity contribution >= 4 is 0 Å². The molecule has 0 amide bonds. The molecule has 21 heavy (non-hydrogen) atoms. The van der Waals surface area contributed by atoms with Gasteiger partial charge in [-0.2, -0.15) is 5.26 Å². The monoisotopic (exact) mass is 275 g/mol. The van der Waals surface area contributed by atoms with Gasteiger partial charge in [0.15, 0.2) is 0 Å². The summed E-state index contributed by atoms with van der Waals surface area (Å²) in [4.78, 5) is 7.57. The first kappa shape index (κ1) is 12.9. The van der Waals surface area contributed by atoms with Crippen LogP contribution < -0.4 is 4.74 Å². The van der Waals surface area contributed by atoms with Crippen LogP contribution in [-0.4, -0.2) is 17.1 Å². The number of benzene rings is 1. The minimum absolute atomic E-state index is 0.337. The van der Waals surface area contributed by atoms with E-state index in [9.17, 15) is 5.26 Å². The van der Waals surface area contributed by atoms with Gasteiger partial charge in [0.2, 0.25) is 5.88 Å². The van der Waals surface area contributed by atoms with Gasteiger partial charge in [0, 0.05) is 23.0 Å². The number of pyridine rings is 1. The molecule has 0 spiro atoms. The fraction of sp³-hybridized carbons (Fsp3) is 0.0588. The summed E-state index contributed by atoms with van der Waals surface area (Å²) < 4.78 is 5.29. The van der Waals surface area contributed by atoms with Crippen molar-refractivity contribution in [3.8, 4) is 34.5 Å². The van der Waals surface area contributed by atoms with E-state index in [2.05, 4.69) is 16.0 Å². The van der Waals surface area contributed by atoms with Gasteiger partial charge in [-0.25, -0.2) is 4.98 Å². The van der Waals surface area contributed by atoms with Crippen molar-refractivity contribution in [2.24, 2.45) is 0 Å². The van der Waals surface area contributed by atoms with E-state index in [0.29, 0.717) is 11.4 Å². The minimum atomic E-state index is 0.337. The molecule has 0 aliphatic carbocycles. The highest BCUT2D eigenvalue weighted by atomic mass is 16.5. The number of nitrogens with zero attached hydrogens (tertiary/aromatic N) is 2. The van der Waals surface area contributed by atoms with Gasteiger partial charge in [-0.1, -0.05) is 30.3 Å². The lowest BCUT2D eigenvalue weighted by molar-refractivity contribution is 0.397. The first-order valence-electron chi connectivity index (χ1n) is 6.52. The summed E-state index contributed by atoms with van der Waals surface area (Å²) in [6.45, 7) is 0. The second-order valence-electron chi connectivity index (χ2n) is 4.50. The molecule has 0 fully saturated rings. The topological polar surface area (TPSA) is 61.7 Å². The number of ether oxygens (including phenoxy) is 1. The number of aromatic amines is 1. The zero-order valence-electron chi connectivity index (χ0n) is 11.5. The third-order valence-corrected chi connectivity index (χ3v) is 3.25. The predicted molar refractivity (Wildman–Crippen MR) is 80.7 cm³/mol. The maximum absolute atomic E-state index is 9.41. The van der Waals surface area contributed by atoms with E-state index in [1.807, 2.05) is 54.7 Å². The summed E-state index contributed by atoms with van der Waals surface area (Å²) in [6.07, 6.45) is 1.82. The highest BCUT2D eigenvalue weighted by Gasteiger charge is 2.16. The molecule has 0 unspecified atom stereocenters. The largest absolute Gasteiger partial charge is 0.480 e. The van der Waals surface area contributed by atoms with E-state index in [0.717, 1.165) is 22.5 Å². The SMILES string of the molecule is COc1nc(-c2ccccc2)cc(-c2ccc[nH]2)c1C#N. The lowest BCUT2D eigenvalue weighted by Crippen LogP contribution is -1.97. The fourth-order valence-electron chi connectivity index (χ4n) is 2.24. The van der Waals surface area contributed by atoms with Crippen LogP contribution in [0.15, 0.2) is 54.7 Å². The summed E-state index contributed by atoms with van der Waals surface area (Å²) in [5.74, 6) is 0.337. The Morgan fingerprint density at radius 3 is 2.57 bits per heavy atom. The van der Waals surface area contributed by atoms with Crippen molar-refractivity contribution in [3.05, 3.63) is 60.3 Å². The van der Waals surface area contributed by atoms with Crippen LogP contribution in [0.5, 0.6) is 5.88 Å². The van der Waals surface area contributed by atoms with Crippen molar-refractivity contribution in [1.29, 1.82) is 5.26 Å². The zero-order chi connectivity index (χ0) is 14.7. The standard InChI is InChI=1S/C17H13N3O/c1-21-17-14(11-18)13(15-8-5-9-19-15)10-16(20-17)12-6-3-2-4-7-12/h2-10,19H,1H3. The number of rotatable bonds is 3. The van der Waals surface area contributed by atoms with E-state index >= 15 is 0 Å². The molecule has 4 nitrogen and oxygen atoms in total. The molecule has 3 rings (SSSR count). The molecule has 0 aliphatic rings. The van der Waals surface area contributed by atoms with Crippen LogP contribution in [0.4, 0.5) is 0 Å². The van der Waals surface area contributed by atoms with Gasteiger partial charge in [-0.15, -0.1) is 0 Å².